The molecule has 0 spiro atoms. The second-order valence-corrected chi connectivity index (χ2v) is 5.69. The van der Waals surface area contributed by atoms with Crippen molar-refractivity contribution in [2.24, 2.45) is 0 Å². The van der Waals surface area contributed by atoms with Crippen LogP contribution in [-0.2, 0) is 4.74 Å². The monoisotopic (exact) mass is 321 g/mol. The Bertz CT molecular complexity index is 481. The predicted octanol–water partition coefficient (Wildman–Crippen LogP) is 3.46. The van der Waals surface area contributed by atoms with E-state index in [0.717, 1.165) is 0 Å². The Morgan fingerprint density at radius 3 is 2.74 bits per heavy atom. The fraction of sp³-hybridized carbons (Fsp3) is 0.462. The molecule has 2 unspecified atom stereocenters. The van der Waals surface area contributed by atoms with E-state index in [1.165, 1.54) is 0 Å². The standard InChI is InChI=1S/C13H14Cl3NO2/c1-8-6-17(7-10(5-14)19-8)13(18)9-2-3-11(15)12(16)4-9/h2-4,8,10H,5-7H2,1H3. The van der Waals surface area contributed by atoms with Gasteiger partial charge in [0.05, 0.1) is 28.1 Å². The summed E-state index contributed by atoms with van der Waals surface area (Å²) in [6.45, 7) is 2.97. The highest BCUT2D eigenvalue weighted by atomic mass is 35.5. The summed E-state index contributed by atoms with van der Waals surface area (Å²) in [5.74, 6) is 0.291. The van der Waals surface area contributed by atoms with Crippen molar-refractivity contribution in [2.75, 3.05) is 19.0 Å². The molecule has 2 atom stereocenters. The van der Waals surface area contributed by atoms with Crippen molar-refractivity contribution in [3.8, 4) is 0 Å². The van der Waals surface area contributed by atoms with Crippen molar-refractivity contribution in [1.29, 1.82) is 0 Å². The molecule has 19 heavy (non-hydrogen) atoms. The van der Waals surface area contributed by atoms with Crippen molar-refractivity contribution in [1.82, 2.24) is 4.90 Å². The molecule has 1 aromatic carbocycles. The molecule has 3 nitrogen and oxygen atoms in total. The fourth-order valence-electron chi connectivity index (χ4n) is 2.11. The molecule has 0 aliphatic carbocycles. The lowest BCUT2D eigenvalue weighted by molar-refractivity contribution is -0.0570. The van der Waals surface area contributed by atoms with Gasteiger partial charge < -0.3 is 9.64 Å². The number of benzene rings is 1. The maximum absolute atomic E-state index is 12.4. The van der Waals surface area contributed by atoms with Crippen LogP contribution in [0.3, 0.4) is 0 Å². The molecule has 0 bridgehead atoms. The average molecular weight is 323 g/mol. The van der Waals surface area contributed by atoms with Crippen LogP contribution in [0.2, 0.25) is 10.0 Å². The van der Waals surface area contributed by atoms with E-state index >= 15 is 0 Å². The van der Waals surface area contributed by atoms with Gasteiger partial charge in [0, 0.05) is 18.7 Å². The van der Waals surface area contributed by atoms with Crippen molar-refractivity contribution in [3.63, 3.8) is 0 Å². The molecule has 1 amide bonds. The van der Waals surface area contributed by atoms with E-state index in [-0.39, 0.29) is 18.1 Å². The number of hydrogen-bond acceptors (Lipinski definition) is 2. The summed E-state index contributed by atoms with van der Waals surface area (Å²) >= 11 is 17.6. The first-order valence-corrected chi connectivity index (χ1v) is 7.26. The number of morpholine rings is 1. The van der Waals surface area contributed by atoms with Crippen LogP contribution < -0.4 is 0 Å². The van der Waals surface area contributed by atoms with Gasteiger partial charge in [0.1, 0.15) is 0 Å². The van der Waals surface area contributed by atoms with Gasteiger partial charge in [-0.3, -0.25) is 4.79 Å². The Labute approximate surface area is 127 Å². The largest absolute Gasteiger partial charge is 0.370 e. The second kappa shape index (κ2) is 6.31. The molecule has 1 aliphatic heterocycles. The minimum Gasteiger partial charge on any atom is -0.370 e. The molecule has 0 N–H and O–H groups in total. The normalized spacial score (nSPS) is 23.5. The number of halogens is 3. The van der Waals surface area contributed by atoms with Gasteiger partial charge in [0.25, 0.3) is 5.91 Å². The highest BCUT2D eigenvalue weighted by Crippen LogP contribution is 2.24. The number of rotatable bonds is 2. The molecule has 1 heterocycles. The lowest BCUT2D eigenvalue weighted by Crippen LogP contribution is -2.49. The van der Waals surface area contributed by atoms with E-state index < -0.39 is 0 Å². The van der Waals surface area contributed by atoms with Crippen LogP contribution in [-0.4, -0.2) is 42.0 Å². The zero-order chi connectivity index (χ0) is 14.0. The summed E-state index contributed by atoms with van der Waals surface area (Å²) in [6.07, 6.45) is -0.152. The van der Waals surface area contributed by atoms with Crippen molar-refractivity contribution in [2.45, 2.75) is 19.1 Å². The van der Waals surface area contributed by atoms with Gasteiger partial charge in [-0.05, 0) is 25.1 Å². The molecule has 2 rings (SSSR count). The average Bonchev–Trinajstić information content (AvgIpc) is 2.40. The van der Waals surface area contributed by atoms with Gasteiger partial charge in [0.2, 0.25) is 0 Å². The summed E-state index contributed by atoms with van der Waals surface area (Å²) < 4.78 is 5.62. The van der Waals surface area contributed by atoms with Crippen LogP contribution in [0.15, 0.2) is 18.2 Å². The number of alkyl halides is 1. The van der Waals surface area contributed by atoms with E-state index in [2.05, 4.69) is 0 Å². The molecule has 104 valence electrons. The van der Waals surface area contributed by atoms with E-state index in [4.69, 9.17) is 39.5 Å². The number of carbonyl (C=O) groups is 1. The molecular weight excluding hydrogens is 309 g/mol. The molecule has 0 radical (unpaired) electrons. The van der Waals surface area contributed by atoms with E-state index in [0.29, 0.717) is 34.6 Å². The number of carbonyl (C=O) groups excluding carboxylic acids is 1. The number of nitrogens with zero attached hydrogens (tertiary/aromatic N) is 1. The summed E-state index contributed by atoms with van der Waals surface area (Å²) in [7, 11) is 0. The third-order valence-corrected chi connectivity index (χ3v) is 4.04. The Balaban J connectivity index is 2.16. The maximum Gasteiger partial charge on any atom is 0.254 e. The van der Waals surface area contributed by atoms with Crippen LogP contribution in [0.25, 0.3) is 0 Å². The molecule has 1 aromatic rings. The smallest absolute Gasteiger partial charge is 0.254 e. The first-order valence-electron chi connectivity index (χ1n) is 5.97. The summed E-state index contributed by atoms with van der Waals surface area (Å²) in [5.41, 5.74) is 0.525. The second-order valence-electron chi connectivity index (χ2n) is 4.56. The molecule has 6 heteroatoms. The van der Waals surface area contributed by atoms with Gasteiger partial charge in [-0.15, -0.1) is 11.6 Å². The quantitative estimate of drug-likeness (QED) is 0.780. The van der Waals surface area contributed by atoms with E-state index in [1.54, 1.807) is 23.1 Å². The van der Waals surface area contributed by atoms with Crippen molar-refractivity contribution in [3.05, 3.63) is 33.8 Å². The molecule has 1 fully saturated rings. The first-order chi connectivity index (χ1) is 9.01. The highest BCUT2D eigenvalue weighted by Gasteiger charge is 2.28. The molecule has 1 aliphatic rings. The van der Waals surface area contributed by atoms with Crippen LogP contribution in [0.4, 0.5) is 0 Å². The number of ether oxygens (including phenoxy) is 1. The lowest BCUT2D eigenvalue weighted by atomic mass is 10.1. The summed E-state index contributed by atoms with van der Waals surface area (Å²) in [6, 6.07) is 4.88. The third kappa shape index (κ3) is 3.54. The van der Waals surface area contributed by atoms with Crippen LogP contribution >= 0.6 is 34.8 Å². The van der Waals surface area contributed by atoms with E-state index in [1.807, 2.05) is 6.92 Å². The topological polar surface area (TPSA) is 29.5 Å². The minimum atomic E-state index is -0.128. The molecular formula is C13H14Cl3NO2. The lowest BCUT2D eigenvalue weighted by Gasteiger charge is -2.36. The minimum absolute atomic E-state index is 0.0239. The van der Waals surface area contributed by atoms with Gasteiger partial charge in [-0.2, -0.15) is 0 Å². The van der Waals surface area contributed by atoms with Gasteiger partial charge in [-0.25, -0.2) is 0 Å². The van der Waals surface area contributed by atoms with Crippen molar-refractivity contribution >= 4 is 40.7 Å². The SMILES string of the molecule is CC1CN(C(=O)c2ccc(Cl)c(Cl)c2)CC(CCl)O1. The molecule has 1 saturated heterocycles. The zero-order valence-corrected chi connectivity index (χ0v) is 12.7. The van der Waals surface area contributed by atoms with Crippen LogP contribution in [0.5, 0.6) is 0 Å². The zero-order valence-electron chi connectivity index (χ0n) is 10.4. The first kappa shape index (κ1) is 14.9. The Hall–Kier alpha value is -0.480. The van der Waals surface area contributed by atoms with Crippen LogP contribution in [0.1, 0.15) is 17.3 Å². The van der Waals surface area contributed by atoms with Gasteiger partial charge in [-0.1, -0.05) is 23.2 Å². The molecule has 0 aromatic heterocycles. The van der Waals surface area contributed by atoms with Crippen molar-refractivity contribution < 1.29 is 9.53 Å². The maximum atomic E-state index is 12.4. The molecule has 0 saturated carbocycles. The van der Waals surface area contributed by atoms with Gasteiger partial charge in [0.15, 0.2) is 0 Å². The van der Waals surface area contributed by atoms with E-state index in [9.17, 15) is 4.79 Å². The third-order valence-electron chi connectivity index (χ3n) is 2.95. The van der Waals surface area contributed by atoms with Gasteiger partial charge >= 0.3 is 0 Å². The Morgan fingerprint density at radius 2 is 2.11 bits per heavy atom. The van der Waals surface area contributed by atoms with Crippen LogP contribution in [0, 0.1) is 0 Å². The summed E-state index contributed by atoms with van der Waals surface area (Å²) in [5, 5.41) is 0.815. The fourth-order valence-corrected chi connectivity index (χ4v) is 2.58. The summed E-state index contributed by atoms with van der Waals surface area (Å²) in [4.78, 5) is 14.1. The number of amides is 1. The predicted molar refractivity (Wildman–Crippen MR) is 77.4 cm³/mol. The highest BCUT2D eigenvalue weighted by molar-refractivity contribution is 6.42. The Kier molecular flexibility index (Phi) is 4.96. The Morgan fingerprint density at radius 1 is 1.37 bits per heavy atom. The number of hydrogen-bond donors (Lipinski definition) is 0.